The standard InChI is InChI=1S/C19H35N2P/c1-9-21(10-2)14-16-12-11-13-17(20-16)15-22(18(3,4)5)19(6,7)8/h11-13,15,20H,9-10,14H2,1-8H3/b17-15-. The second-order valence-corrected chi connectivity index (χ2v) is 11.6. The van der Waals surface area contributed by atoms with E-state index in [4.69, 9.17) is 0 Å². The highest BCUT2D eigenvalue weighted by Gasteiger charge is 2.33. The van der Waals surface area contributed by atoms with E-state index in [1.54, 1.807) is 0 Å². The van der Waals surface area contributed by atoms with Crippen molar-refractivity contribution in [3.05, 3.63) is 35.4 Å². The fourth-order valence-corrected chi connectivity index (χ4v) is 6.14. The van der Waals surface area contributed by atoms with Gasteiger partial charge in [-0.25, -0.2) is 0 Å². The van der Waals surface area contributed by atoms with Crippen LogP contribution in [0.3, 0.4) is 0 Å². The van der Waals surface area contributed by atoms with Gasteiger partial charge in [0.25, 0.3) is 0 Å². The topological polar surface area (TPSA) is 15.3 Å². The van der Waals surface area contributed by atoms with Crippen molar-refractivity contribution in [2.24, 2.45) is 0 Å². The van der Waals surface area contributed by atoms with Crippen molar-refractivity contribution in [1.82, 2.24) is 10.2 Å². The first-order valence-corrected chi connectivity index (χ1v) is 9.87. The van der Waals surface area contributed by atoms with Crippen LogP contribution < -0.4 is 5.32 Å². The van der Waals surface area contributed by atoms with E-state index in [1.807, 2.05) is 0 Å². The van der Waals surface area contributed by atoms with E-state index in [1.165, 1.54) is 11.4 Å². The third-order valence-electron chi connectivity index (χ3n) is 3.88. The second kappa shape index (κ2) is 7.79. The molecule has 1 rings (SSSR count). The Morgan fingerprint density at radius 2 is 1.59 bits per heavy atom. The normalized spacial score (nSPS) is 18.1. The van der Waals surface area contributed by atoms with Crippen LogP contribution in [0.5, 0.6) is 0 Å². The molecule has 0 aromatic rings. The molecule has 3 heteroatoms. The maximum Gasteiger partial charge on any atom is 0.0387 e. The van der Waals surface area contributed by atoms with Gasteiger partial charge in [-0.2, -0.15) is 0 Å². The van der Waals surface area contributed by atoms with Gasteiger partial charge in [-0.15, -0.1) is 0 Å². The van der Waals surface area contributed by atoms with Crippen molar-refractivity contribution in [2.45, 2.75) is 65.7 Å². The molecule has 0 aliphatic carbocycles. The van der Waals surface area contributed by atoms with Crippen LogP contribution in [-0.4, -0.2) is 34.8 Å². The SMILES string of the molecule is CCN(CC)CC1=CC=C/C(=C/P(C(C)(C)C)C(C)(C)C)N1. The molecule has 1 aliphatic heterocycles. The van der Waals surface area contributed by atoms with Gasteiger partial charge in [0.15, 0.2) is 0 Å². The summed E-state index contributed by atoms with van der Waals surface area (Å²) in [6.07, 6.45) is 6.59. The molecule has 126 valence electrons. The molecule has 1 aliphatic rings. The summed E-state index contributed by atoms with van der Waals surface area (Å²) in [5.41, 5.74) is 2.57. The number of allylic oxidation sites excluding steroid dienone is 3. The first-order chi connectivity index (χ1) is 10.1. The molecule has 1 heterocycles. The maximum atomic E-state index is 3.64. The first-order valence-electron chi connectivity index (χ1n) is 8.45. The molecule has 0 amide bonds. The molecule has 0 fully saturated rings. The number of rotatable bonds is 5. The van der Waals surface area contributed by atoms with Crippen LogP contribution in [0.1, 0.15) is 55.4 Å². The number of dihydropyridines is 1. The Morgan fingerprint density at radius 1 is 1.05 bits per heavy atom. The Kier molecular flexibility index (Phi) is 6.89. The molecule has 0 bridgehead atoms. The van der Waals surface area contributed by atoms with E-state index in [0.29, 0.717) is 10.3 Å². The van der Waals surface area contributed by atoms with E-state index >= 15 is 0 Å². The zero-order valence-electron chi connectivity index (χ0n) is 15.8. The summed E-state index contributed by atoms with van der Waals surface area (Å²) in [5.74, 6) is 2.49. The third kappa shape index (κ3) is 5.89. The lowest BCUT2D eigenvalue weighted by Crippen LogP contribution is -2.31. The van der Waals surface area contributed by atoms with Gasteiger partial charge in [-0.1, -0.05) is 69.4 Å². The lowest BCUT2D eigenvalue weighted by Gasteiger charge is -2.40. The van der Waals surface area contributed by atoms with Gasteiger partial charge in [0.2, 0.25) is 0 Å². The van der Waals surface area contributed by atoms with Gasteiger partial charge < -0.3 is 5.32 Å². The molecule has 0 radical (unpaired) electrons. The monoisotopic (exact) mass is 322 g/mol. The molecule has 1 N–H and O–H groups in total. The van der Waals surface area contributed by atoms with Crippen molar-refractivity contribution in [2.75, 3.05) is 19.6 Å². The molecule has 0 unspecified atom stereocenters. The molecule has 22 heavy (non-hydrogen) atoms. The second-order valence-electron chi connectivity index (χ2n) is 7.93. The van der Waals surface area contributed by atoms with Gasteiger partial charge in [0.05, 0.1) is 0 Å². The summed E-state index contributed by atoms with van der Waals surface area (Å²) in [4.78, 5) is 2.44. The number of nitrogens with zero attached hydrogens (tertiary/aromatic N) is 1. The van der Waals surface area contributed by atoms with Gasteiger partial charge in [0, 0.05) is 17.9 Å². The number of nitrogens with one attached hydrogen (secondary N) is 1. The van der Waals surface area contributed by atoms with Crippen LogP contribution in [0.4, 0.5) is 0 Å². The molecule has 0 saturated heterocycles. The highest BCUT2D eigenvalue weighted by atomic mass is 31.1. The molecule has 0 saturated carbocycles. The van der Waals surface area contributed by atoms with Crippen LogP contribution in [0.2, 0.25) is 0 Å². The average molecular weight is 322 g/mol. The van der Waals surface area contributed by atoms with Gasteiger partial charge in [0.1, 0.15) is 0 Å². The molecular weight excluding hydrogens is 287 g/mol. The van der Waals surface area contributed by atoms with Crippen molar-refractivity contribution < 1.29 is 0 Å². The maximum absolute atomic E-state index is 3.64. The van der Waals surface area contributed by atoms with E-state index in [2.05, 4.69) is 89.7 Å². The van der Waals surface area contributed by atoms with Crippen molar-refractivity contribution in [1.29, 1.82) is 0 Å². The summed E-state index contributed by atoms with van der Waals surface area (Å²) >= 11 is 0. The van der Waals surface area contributed by atoms with E-state index in [0.717, 1.165) is 19.6 Å². The van der Waals surface area contributed by atoms with Gasteiger partial charge in [-0.3, -0.25) is 4.90 Å². The van der Waals surface area contributed by atoms with Crippen LogP contribution in [0.25, 0.3) is 0 Å². The highest BCUT2D eigenvalue weighted by Crippen LogP contribution is 2.60. The largest absolute Gasteiger partial charge is 0.358 e. The molecule has 0 aromatic heterocycles. The molecule has 0 atom stereocenters. The number of hydrogen-bond acceptors (Lipinski definition) is 2. The van der Waals surface area contributed by atoms with Gasteiger partial charge in [-0.05, 0) is 41.4 Å². The quantitative estimate of drug-likeness (QED) is 0.692. The van der Waals surface area contributed by atoms with Crippen LogP contribution in [-0.2, 0) is 0 Å². The van der Waals surface area contributed by atoms with Crippen molar-refractivity contribution in [3.8, 4) is 0 Å². The van der Waals surface area contributed by atoms with E-state index in [9.17, 15) is 0 Å². The summed E-state index contributed by atoms with van der Waals surface area (Å²) in [6, 6.07) is 0. The Morgan fingerprint density at radius 3 is 2.05 bits per heavy atom. The first kappa shape index (κ1) is 19.5. The van der Waals surface area contributed by atoms with Gasteiger partial charge >= 0.3 is 0 Å². The Hall–Kier alpha value is -0.590. The zero-order chi connectivity index (χ0) is 17.0. The van der Waals surface area contributed by atoms with Crippen LogP contribution in [0.15, 0.2) is 35.4 Å². The summed E-state index contributed by atoms with van der Waals surface area (Å²) < 4.78 is 0. The Balaban J connectivity index is 2.90. The molecule has 2 nitrogen and oxygen atoms in total. The molecular formula is C19H35N2P. The highest BCUT2D eigenvalue weighted by molar-refractivity contribution is 7.64. The van der Waals surface area contributed by atoms with Crippen LogP contribution >= 0.6 is 7.92 Å². The number of likely N-dealkylation sites (N-methyl/N-ethyl adjacent to an activating group) is 1. The summed E-state index contributed by atoms with van der Waals surface area (Å²) in [7, 11) is -0.229. The summed E-state index contributed by atoms with van der Waals surface area (Å²) in [6.45, 7) is 21.8. The molecule has 0 spiro atoms. The average Bonchev–Trinajstić information content (AvgIpc) is 2.40. The number of hydrogen-bond donors (Lipinski definition) is 1. The Bertz CT molecular complexity index is 429. The van der Waals surface area contributed by atoms with E-state index in [-0.39, 0.29) is 7.92 Å². The smallest absolute Gasteiger partial charge is 0.0387 e. The van der Waals surface area contributed by atoms with Crippen molar-refractivity contribution in [3.63, 3.8) is 0 Å². The predicted octanol–water partition coefficient (Wildman–Crippen LogP) is 5.29. The fourth-order valence-electron chi connectivity index (χ4n) is 2.92. The van der Waals surface area contributed by atoms with Crippen molar-refractivity contribution >= 4 is 7.92 Å². The zero-order valence-corrected chi connectivity index (χ0v) is 16.7. The minimum absolute atomic E-state index is 0.229. The molecule has 0 aromatic carbocycles. The van der Waals surface area contributed by atoms with E-state index < -0.39 is 0 Å². The summed E-state index contributed by atoms with van der Waals surface area (Å²) in [5, 5.41) is 4.27. The minimum atomic E-state index is -0.229. The predicted molar refractivity (Wildman–Crippen MR) is 103 cm³/mol. The third-order valence-corrected chi connectivity index (χ3v) is 7.31. The minimum Gasteiger partial charge on any atom is -0.358 e. The Labute approximate surface area is 139 Å². The lowest BCUT2D eigenvalue weighted by molar-refractivity contribution is 0.325. The fraction of sp³-hybridized carbons (Fsp3) is 0.684. The van der Waals surface area contributed by atoms with Crippen LogP contribution in [0, 0.1) is 0 Å². The lowest BCUT2D eigenvalue weighted by atomic mass is 10.2.